The normalized spacial score (nSPS) is 17.5. The molecule has 0 aliphatic carbocycles. The zero-order chi connectivity index (χ0) is 25.1. The molecular formula is C23H31N3O6S2. The number of carbonyl (C=O) groups is 1. The highest BCUT2D eigenvalue weighted by molar-refractivity contribution is 7.89. The third-order valence-corrected chi connectivity index (χ3v) is 9.08. The number of carbonyl (C=O) groups excluding carboxylic acids is 1. The average Bonchev–Trinajstić information content (AvgIpc) is 2.78. The van der Waals surface area contributed by atoms with Crippen LogP contribution < -0.4 is 14.8 Å². The van der Waals surface area contributed by atoms with Crippen molar-refractivity contribution < 1.29 is 26.4 Å². The Bertz CT molecular complexity index is 1240. The standard InChI is InChI=1S/C23H31N3O6S2/c1-16(2)25-33(28,29)20-11-12-22(32-4)21(14-20)24-23(27)18-6-5-13-26(15-18)34(30,31)19-9-7-17(3)8-10-19/h7-12,14,16,18,25H,5-6,13,15H2,1-4H3,(H,24,27)/t18-/m0/s1. The van der Waals surface area contributed by atoms with Crippen LogP contribution in [0.4, 0.5) is 5.69 Å². The Morgan fingerprint density at radius 1 is 1.06 bits per heavy atom. The van der Waals surface area contributed by atoms with E-state index >= 15 is 0 Å². The number of benzene rings is 2. The van der Waals surface area contributed by atoms with Crippen LogP contribution in [0.5, 0.6) is 5.75 Å². The minimum absolute atomic E-state index is 0.00970. The van der Waals surface area contributed by atoms with Crippen LogP contribution in [0, 0.1) is 12.8 Å². The fourth-order valence-electron chi connectivity index (χ4n) is 3.80. The lowest BCUT2D eigenvalue weighted by atomic mass is 9.98. The third kappa shape index (κ3) is 5.96. The van der Waals surface area contributed by atoms with Crippen molar-refractivity contribution in [1.29, 1.82) is 0 Å². The van der Waals surface area contributed by atoms with Crippen LogP contribution in [-0.4, -0.2) is 53.3 Å². The first-order valence-electron chi connectivity index (χ1n) is 11.0. The van der Waals surface area contributed by atoms with E-state index in [0.717, 1.165) is 5.56 Å². The first-order valence-corrected chi connectivity index (χ1v) is 13.9. The van der Waals surface area contributed by atoms with Crippen molar-refractivity contribution in [3.05, 3.63) is 48.0 Å². The lowest BCUT2D eigenvalue weighted by Crippen LogP contribution is -2.43. The molecule has 0 unspecified atom stereocenters. The minimum atomic E-state index is -3.77. The summed E-state index contributed by atoms with van der Waals surface area (Å²) in [5.74, 6) is -0.682. The van der Waals surface area contributed by atoms with Crippen molar-refractivity contribution in [2.75, 3.05) is 25.5 Å². The smallest absolute Gasteiger partial charge is 0.243 e. The average molecular weight is 510 g/mol. The van der Waals surface area contributed by atoms with Gasteiger partial charge in [0.25, 0.3) is 0 Å². The summed E-state index contributed by atoms with van der Waals surface area (Å²) < 4.78 is 60.4. The number of nitrogens with zero attached hydrogens (tertiary/aromatic N) is 1. The zero-order valence-corrected chi connectivity index (χ0v) is 21.4. The van der Waals surface area contributed by atoms with Gasteiger partial charge in [-0.05, 0) is 63.9 Å². The summed E-state index contributed by atoms with van der Waals surface area (Å²) in [5, 5.41) is 2.74. The third-order valence-electron chi connectivity index (χ3n) is 5.54. The van der Waals surface area contributed by atoms with Crippen molar-refractivity contribution in [2.24, 2.45) is 5.92 Å². The Morgan fingerprint density at radius 2 is 1.71 bits per heavy atom. The van der Waals surface area contributed by atoms with Gasteiger partial charge in [-0.1, -0.05) is 17.7 Å². The number of hydrogen-bond acceptors (Lipinski definition) is 6. The molecule has 2 N–H and O–H groups in total. The summed E-state index contributed by atoms with van der Waals surface area (Å²) >= 11 is 0. The predicted molar refractivity (Wildman–Crippen MR) is 130 cm³/mol. The Kier molecular flexibility index (Phi) is 8.02. The zero-order valence-electron chi connectivity index (χ0n) is 19.7. The minimum Gasteiger partial charge on any atom is -0.495 e. The highest BCUT2D eigenvalue weighted by Crippen LogP contribution is 2.30. The second-order valence-electron chi connectivity index (χ2n) is 8.64. The maximum absolute atomic E-state index is 13.1. The van der Waals surface area contributed by atoms with E-state index in [9.17, 15) is 21.6 Å². The first kappa shape index (κ1) is 26.1. The van der Waals surface area contributed by atoms with Crippen molar-refractivity contribution in [3.8, 4) is 5.75 Å². The van der Waals surface area contributed by atoms with Crippen LogP contribution in [0.2, 0.25) is 0 Å². The number of methoxy groups -OCH3 is 1. The Morgan fingerprint density at radius 3 is 2.32 bits per heavy atom. The van der Waals surface area contributed by atoms with Crippen LogP contribution in [0.25, 0.3) is 0 Å². The summed E-state index contributed by atoms with van der Waals surface area (Å²) in [5.41, 5.74) is 1.16. The first-order chi connectivity index (χ1) is 15.9. The van der Waals surface area contributed by atoms with E-state index in [1.807, 2.05) is 6.92 Å². The summed E-state index contributed by atoms with van der Waals surface area (Å²) in [4.78, 5) is 13.3. The molecule has 1 saturated heterocycles. The molecule has 2 aromatic carbocycles. The number of aryl methyl sites for hydroxylation is 1. The van der Waals surface area contributed by atoms with Gasteiger partial charge >= 0.3 is 0 Å². The van der Waals surface area contributed by atoms with Gasteiger partial charge in [-0.25, -0.2) is 21.6 Å². The van der Waals surface area contributed by atoms with Crippen LogP contribution in [-0.2, 0) is 24.8 Å². The Balaban J connectivity index is 1.80. The molecule has 34 heavy (non-hydrogen) atoms. The number of rotatable bonds is 8. The second-order valence-corrected chi connectivity index (χ2v) is 12.3. The van der Waals surface area contributed by atoms with Crippen molar-refractivity contribution in [3.63, 3.8) is 0 Å². The summed E-state index contributed by atoms with van der Waals surface area (Å²) in [7, 11) is -6.08. The fourth-order valence-corrected chi connectivity index (χ4v) is 6.60. The molecule has 186 valence electrons. The maximum Gasteiger partial charge on any atom is 0.243 e. The van der Waals surface area contributed by atoms with E-state index in [0.29, 0.717) is 25.1 Å². The number of ether oxygens (including phenoxy) is 1. The van der Waals surface area contributed by atoms with E-state index in [2.05, 4.69) is 10.0 Å². The van der Waals surface area contributed by atoms with Gasteiger partial charge in [0.1, 0.15) is 5.75 Å². The highest BCUT2D eigenvalue weighted by atomic mass is 32.2. The van der Waals surface area contributed by atoms with Crippen LogP contribution in [0.1, 0.15) is 32.3 Å². The molecule has 1 atom stereocenters. The van der Waals surface area contributed by atoms with E-state index < -0.39 is 31.9 Å². The van der Waals surface area contributed by atoms with E-state index in [-0.39, 0.29) is 28.1 Å². The maximum atomic E-state index is 13.1. The quantitative estimate of drug-likeness (QED) is 0.564. The Labute approximate surface area is 201 Å². The lowest BCUT2D eigenvalue weighted by molar-refractivity contribution is -0.120. The summed E-state index contributed by atoms with van der Waals surface area (Å²) in [6.45, 7) is 5.67. The lowest BCUT2D eigenvalue weighted by Gasteiger charge is -2.31. The molecule has 0 spiro atoms. The van der Waals surface area contributed by atoms with E-state index in [1.165, 1.54) is 29.6 Å². The predicted octanol–water partition coefficient (Wildman–Crippen LogP) is 2.73. The van der Waals surface area contributed by atoms with Crippen LogP contribution >= 0.6 is 0 Å². The molecule has 0 radical (unpaired) electrons. The number of sulfonamides is 2. The molecule has 1 heterocycles. The summed E-state index contributed by atoms with van der Waals surface area (Å²) in [6, 6.07) is 10.5. The largest absolute Gasteiger partial charge is 0.495 e. The monoisotopic (exact) mass is 509 g/mol. The number of piperidine rings is 1. The molecule has 0 aromatic heterocycles. The van der Waals surface area contributed by atoms with Gasteiger partial charge in [0.2, 0.25) is 26.0 Å². The van der Waals surface area contributed by atoms with Gasteiger partial charge < -0.3 is 10.1 Å². The Hall–Kier alpha value is -2.47. The molecular weight excluding hydrogens is 478 g/mol. The van der Waals surface area contributed by atoms with Gasteiger partial charge in [0.15, 0.2) is 0 Å². The van der Waals surface area contributed by atoms with E-state index in [4.69, 9.17) is 4.74 Å². The second kappa shape index (κ2) is 10.4. The van der Waals surface area contributed by atoms with Gasteiger partial charge in [-0.15, -0.1) is 0 Å². The van der Waals surface area contributed by atoms with Crippen LogP contribution in [0.3, 0.4) is 0 Å². The molecule has 3 rings (SSSR count). The van der Waals surface area contributed by atoms with Crippen molar-refractivity contribution in [2.45, 2.75) is 49.4 Å². The molecule has 11 heteroatoms. The molecule has 0 bridgehead atoms. The molecule has 9 nitrogen and oxygen atoms in total. The topological polar surface area (TPSA) is 122 Å². The number of amides is 1. The molecule has 1 aliphatic heterocycles. The van der Waals surface area contributed by atoms with Crippen molar-refractivity contribution in [1.82, 2.24) is 9.03 Å². The number of nitrogens with one attached hydrogen (secondary N) is 2. The van der Waals surface area contributed by atoms with Crippen molar-refractivity contribution >= 4 is 31.6 Å². The fraction of sp³-hybridized carbons (Fsp3) is 0.435. The molecule has 1 aliphatic rings. The highest BCUT2D eigenvalue weighted by Gasteiger charge is 2.33. The van der Waals surface area contributed by atoms with Crippen LogP contribution in [0.15, 0.2) is 52.3 Å². The molecule has 0 saturated carbocycles. The summed E-state index contributed by atoms with van der Waals surface area (Å²) in [6.07, 6.45) is 1.05. The van der Waals surface area contributed by atoms with E-state index in [1.54, 1.807) is 38.1 Å². The SMILES string of the molecule is COc1ccc(S(=O)(=O)NC(C)C)cc1NC(=O)[C@H]1CCCN(S(=O)(=O)c2ccc(C)cc2)C1. The molecule has 1 amide bonds. The molecule has 1 fully saturated rings. The van der Waals surface area contributed by atoms with Gasteiger partial charge in [0, 0.05) is 19.1 Å². The van der Waals surface area contributed by atoms with Gasteiger partial charge in [-0.3, -0.25) is 4.79 Å². The van der Waals surface area contributed by atoms with Gasteiger partial charge in [0.05, 0.1) is 28.5 Å². The number of hydrogen-bond donors (Lipinski definition) is 2. The number of anilines is 1. The molecule has 2 aromatic rings. The van der Waals surface area contributed by atoms with Gasteiger partial charge in [-0.2, -0.15) is 4.31 Å².